The number of carbonyl (C=O) groups is 1. The first-order chi connectivity index (χ1) is 11.3. The Labute approximate surface area is 138 Å². The van der Waals surface area contributed by atoms with E-state index in [0.717, 1.165) is 18.2 Å². The normalized spacial score (nSPS) is 20.7. The van der Waals surface area contributed by atoms with Gasteiger partial charge in [0.15, 0.2) is 0 Å². The second-order valence-electron chi connectivity index (χ2n) is 6.20. The summed E-state index contributed by atoms with van der Waals surface area (Å²) < 4.78 is 29.3. The number of nitrogens with zero attached hydrogens (tertiary/aromatic N) is 3. The van der Waals surface area contributed by atoms with Crippen LogP contribution in [0, 0.1) is 25.5 Å². The maximum absolute atomic E-state index is 14.1. The maximum atomic E-state index is 14.1. The topological polar surface area (TPSA) is 58.4 Å². The Bertz CT molecular complexity index is 803. The molecule has 1 aliphatic heterocycles. The Morgan fingerprint density at radius 1 is 1.33 bits per heavy atom. The van der Waals surface area contributed by atoms with Crippen molar-refractivity contribution in [1.82, 2.24) is 14.7 Å². The highest BCUT2D eigenvalue weighted by Gasteiger charge is 2.38. The van der Waals surface area contributed by atoms with E-state index in [9.17, 15) is 18.7 Å². The fourth-order valence-corrected chi connectivity index (χ4v) is 3.33. The zero-order valence-corrected chi connectivity index (χ0v) is 13.8. The first kappa shape index (κ1) is 16.6. The van der Waals surface area contributed by atoms with E-state index >= 15 is 0 Å². The molecule has 0 radical (unpaired) electrons. The van der Waals surface area contributed by atoms with Crippen molar-refractivity contribution in [2.24, 2.45) is 7.05 Å². The Hall–Kier alpha value is -2.28. The van der Waals surface area contributed by atoms with Crippen molar-refractivity contribution in [2.75, 3.05) is 6.54 Å². The van der Waals surface area contributed by atoms with Gasteiger partial charge in [0.25, 0.3) is 5.91 Å². The average Bonchev–Trinajstić information content (AvgIpc) is 3.02. The van der Waals surface area contributed by atoms with Gasteiger partial charge in [0.05, 0.1) is 23.4 Å². The van der Waals surface area contributed by atoms with Gasteiger partial charge in [-0.25, -0.2) is 8.78 Å². The van der Waals surface area contributed by atoms with Crippen LogP contribution in [0.25, 0.3) is 0 Å². The molecular formula is C17H19F2N3O2. The molecule has 1 amide bonds. The molecule has 1 saturated heterocycles. The number of likely N-dealkylation sites (tertiary alicyclic amines) is 1. The third-order valence-electron chi connectivity index (χ3n) is 4.58. The van der Waals surface area contributed by atoms with Crippen molar-refractivity contribution in [3.05, 3.63) is 52.3 Å². The van der Waals surface area contributed by atoms with Crippen LogP contribution in [0.1, 0.15) is 39.8 Å². The molecule has 1 N–H and O–H groups in total. The molecule has 128 valence electrons. The molecule has 3 rings (SSSR count). The van der Waals surface area contributed by atoms with Crippen LogP contribution in [0.2, 0.25) is 0 Å². The summed E-state index contributed by atoms with van der Waals surface area (Å²) in [5.74, 6) is -1.50. The highest BCUT2D eigenvalue weighted by molar-refractivity contribution is 5.97. The minimum atomic E-state index is -0.779. The number of aliphatic hydroxyl groups is 1. The van der Waals surface area contributed by atoms with E-state index in [1.54, 1.807) is 25.6 Å². The molecule has 1 aromatic heterocycles. The summed E-state index contributed by atoms with van der Waals surface area (Å²) >= 11 is 0. The molecule has 2 heterocycles. The molecule has 1 fully saturated rings. The Balaban J connectivity index is 2.02. The largest absolute Gasteiger partial charge is 0.391 e. The number of halogens is 2. The van der Waals surface area contributed by atoms with E-state index in [0.29, 0.717) is 17.0 Å². The van der Waals surface area contributed by atoms with E-state index in [1.807, 2.05) is 0 Å². The molecule has 1 aromatic carbocycles. The molecular weight excluding hydrogens is 316 g/mol. The Kier molecular flexibility index (Phi) is 4.13. The van der Waals surface area contributed by atoms with Crippen LogP contribution in [0.3, 0.4) is 0 Å². The van der Waals surface area contributed by atoms with Gasteiger partial charge in [-0.2, -0.15) is 5.10 Å². The van der Waals surface area contributed by atoms with Crippen molar-refractivity contribution in [3.8, 4) is 0 Å². The van der Waals surface area contributed by atoms with Crippen molar-refractivity contribution in [1.29, 1.82) is 0 Å². The molecule has 2 atom stereocenters. The van der Waals surface area contributed by atoms with Crippen molar-refractivity contribution >= 4 is 5.91 Å². The highest BCUT2D eigenvalue weighted by atomic mass is 19.1. The predicted octanol–water partition coefficient (Wildman–Crippen LogP) is 2.26. The van der Waals surface area contributed by atoms with Gasteiger partial charge in [0, 0.05) is 24.8 Å². The second kappa shape index (κ2) is 5.98. The molecule has 2 aromatic rings. The molecule has 24 heavy (non-hydrogen) atoms. The summed E-state index contributed by atoms with van der Waals surface area (Å²) in [7, 11) is 1.74. The number of rotatable bonds is 2. The van der Waals surface area contributed by atoms with Crippen molar-refractivity contribution < 1.29 is 18.7 Å². The molecule has 0 aliphatic carbocycles. The van der Waals surface area contributed by atoms with Gasteiger partial charge in [-0.3, -0.25) is 9.48 Å². The number of amides is 1. The maximum Gasteiger partial charge on any atom is 0.258 e. The van der Waals surface area contributed by atoms with Crippen LogP contribution in [-0.4, -0.2) is 38.3 Å². The zero-order chi connectivity index (χ0) is 17.6. The van der Waals surface area contributed by atoms with Gasteiger partial charge >= 0.3 is 0 Å². The van der Waals surface area contributed by atoms with Gasteiger partial charge in [-0.05, 0) is 38.5 Å². The van der Waals surface area contributed by atoms with Crippen molar-refractivity contribution in [3.63, 3.8) is 0 Å². The van der Waals surface area contributed by atoms with E-state index in [4.69, 9.17) is 0 Å². The fraction of sp³-hybridized carbons (Fsp3) is 0.412. The van der Waals surface area contributed by atoms with Gasteiger partial charge in [-0.1, -0.05) is 0 Å². The Morgan fingerprint density at radius 3 is 2.67 bits per heavy atom. The lowest BCUT2D eigenvalue weighted by molar-refractivity contribution is 0.0712. The molecule has 0 saturated carbocycles. The third kappa shape index (κ3) is 2.69. The number of hydrogen-bond donors (Lipinski definition) is 1. The van der Waals surface area contributed by atoms with Gasteiger partial charge in [0.1, 0.15) is 11.6 Å². The van der Waals surface area contributed by atoms with Crippen LogP contribution < -0.4 is 0 Å². The zero-order valence-electron chi connectivity index (χ0n) is 13.8. The summed E-state index contributed by atoms with van der Waals surface area (Å²) in [6, 6.07) is 2.45. The summed E-state index contributed by atoms with van der Waals surface area (Å²) in [6.07, 6.45) is -0.608. The predicted molar refractivity (Wildman–Crippen MR) is 83.4 cm³/mol. The minimum absolute atomic E-state index is 0.0766. The molecule has 5 nitrogen and oxygen atoms in total. The number of benzene rings is 1. The number of aromatic nitrogens is 2. The lowest BCUT2D eigenvalue weighted by Gasteiger charge is -2.25. The van der Waals surface area contributed by atoms with Crippen LogP contribution in [0.5, 0.6) is 0 Å². The monoisotopic (exact) mass is 335 g/mol. The number of aryl methyl sites for hydroxylation is 2. The number of hydrogen-bond acceptors (Lipinski definition) is 3. The van der Waals surface area contributed by atoms with E-state index in [1.165, 1.54) is 4.90 Å². The van der Waals surface area contributed by atoms with E-state index < -0.39 is 23.8 Å². The quantitative estimate of drug-likeness (QED) is 0.916. The number of aliphatic hydroxyl groups excluding tert-OH is 1. The van der Waals surface area contributed by atoms with Crippen LogP contribution in [0.15, 0.2) is 18.2 Å². The van der Waals surface area contributed by atoms with Gasteiger partial charge in [0.2, 0.25) is 0 Å². The highest BCUT2D eigenvalue weighted by Crippen LogP contribution is 2.35. The van der Waals surface area contributed by atoms with Gasteiger partial charge < -0.3 is 10.0 Å². The lowest BCUT2D eigenvalue weighted by Crippen LogP contribution is -2.33. The smallest absolute Gasteiger partial charge is 0.258 e. The van der Waals surface area contributed by atoms with E-state index in [2.05, 4.69) is 5.10 Å². The van der Waals surface area contributed by atoms with Gasteiger partial charge in [-0.15, -0.1) is 0 Å². The molecule has 0 spiro atoms. The molecule has 0 unspecified atom stereocenters. The average molecular weight is 335 g/mol. The Morgan fingerprint density at radius 2 is 2.04 bits per heavy atom. The fourth-order valence-electron chi connectivity index (χ4n) is 3.33. The lowest BCUT2D eigenvalue weighted by atomic mass is 10.0. The van der Waals surface area contributed by atoms with Crippen molar-refractivity contribution in [2.45, 2.75) is 32.4 Å². The SMILES string of the molecule is Cc1nn(C)c(C)c1C(=O)N1C[C@@H](O)C[C@H]1c1cc(F)ccc1F. The first-order valence-corrected chi connectivity index (χ1v) is 7.73. The van der Waals surface area contributed by atoms with Crippen LogP contribution in [0.4, 0.5) is 8.78 Å². The molecule has 7 heteroatoms. The third-order valence-corrected chi connectivity index (χ3v) is 4.58. The second-order valence-corrected chi connectivity index (χ2v) is 6.20. The summed E-state index contributed by atoms with van der Waals surface area (Å²) in [4.78, 5) is 14.4. The molecule has 1 aliphatic rings. The standard InChI is InChI=1S/C17H19F2N3O2/c1-9-16(10(2)21(3)20-9)17(24)22-8-12(23)7-15(22)13-6-11(18)4-5-14(13)19/h4-6,12,15,23H,7-8H2,1-3H3/t12-,15-/m0/s1. The van der Waals surface area contributed by atoms with E-state index in [-0.39, 0.29) is 24.4 Å². The summed E-state index contributed by atoms with van der Waals surface area (Å²) in [6.45, 7) is 3.58. The summed E-state index contributed by atoms with van der Waals surface area (Å²) in [5.41, 5.74) is 1.78. The molecule has 0 bridgehead atoms. The summed E-state index contributed by atoms with van der Waals surface area (Å²) in [5, 5.41) is 14.2. The number of carbonyl (C=O) groups excluding carboxylic acids is 1. The number of β-amino-alcohol motifs (C(OH)–C–C–N with tert-alkyl or cyclic N) is 1. The first-order valence-electron chi connectivity index (χ1n) is 7.73. The van der Waals surface area contributed by atoms with Crippen LogP contribution >= 0.6 is 0 Å². The minimum Gasteiger partial charge on any atom is -0.391 e. The van der Waals surface area contributed by atoms with Crippen LogP contribution in [-0.2, 0) is 7.05 Å².